The van der Waals surface area contributed by atoms with Gasteiger partial charge in [0, 0.05) is 72.2 Å². The van der Waals surface area contributed by atoms with Crippen LogP contribution in [0.25, 0.3) is 0 Å². The number of morpholine rings is 1. The van der Waals surface area contributed by atoms with Crippen molar-refractivity contribution in [1.82, 2.24) is 40.5 Å². The number of ether oxygens (including phenoxy) is 2. The molecule has 7 rings (SSSR count). The van der Waals surface area contributed by atoms with E-state index in [0.717, 1.165) is 16.8 Å². The van der Waals surface area contributed by atoms with Crippen LogP contribution in [0.15, 0.2) is 84.6 Å². The van der Waals surface area contributed by atoms with Gasteiger partial charge in [-0.1, -0.05) is 55.5 Å². The van der Waals surface area contributed by atoms with Crippen molar-refractivity contribution in [3.05, 3.63) is 101 Å². The number of aromatic hydroxyl groups is 1. The zero-order chi connectivity index (χ0) is 49.4. The molecule has 0 aliphatic carbocycles. The number of aromatic nitrogens is 1. The first kappa shape index (κ1) is 50.0. The van der Waals surface area contributed by atoms with Crippen molar-refractivity contribution >= 4 is 47.1 Å². The lowest BCUT2D eigenvalue weighted by atomic mass is 9.96. The molecule has 0 saturated carbocycles. The van der Waals surface area contributed by atoms with Gasteiger partial charge >= 0.3 is 5.97 Å². The van der Waals surface area contributed by atoms with E-state index in [4.69, 9.17) is 9.47 Å². The molecule has 19 nitrogen and oxygen atoms in total. The predicted molar refractivity (Wildman–Crippen MR) is 253 cm³/mol. The average molecular weight is 950 g/mol. The first-order chi connectivity index (χ1) is 33.1. The molecule has 0 spiro atoms. The lowest BCUT2D eigenvalue weighted by Crippen LogP contribution is -2.61. The van der Waals surface area contributed by atoms with Crippen molar-refractivity contribution in [2.45, 2.75) is 88.3 Å². The summed E-state index contributed by atoms with van der Waals surface area (Å²) in [6.45, 7) is 6.30. The van der Waals surface area contributed by atoms with Gasteiger partial charge in [0.15, 0.2) is 11.7 Å². The summed E-state index contributed by atoms with van der Waals surface area (Å²) in [4.78, 5) is 115. The minimum atomic E-state index is -1.66. The van der Waals surface area contributed by atoms with E-state index in [1.54, 1.807) is 44.3 Å². The monoisotopic (exact) mass is 949 g/mol. The predicted octanol–water partition coefficient (Wildman–Crippen LogP) is 1.57. The molecule has 3 saturated heterocycles. The molecule has 4 N–H and O–H groups in total. The Kier molecular flexibility index (Phi) is 16.3. The first-order valence-electron chi connectivity index (χ1n) is 23.6. The van der Waals surface area contributed by atoms with Crippen molar-refractivity contribution in [2.24, 2.45) is 0 Å². The molecule has 7 atom stereocenters. The Morgan fingerprint density at radius 3 is 2.28 bits per heavy atom. The summed E-state index contributed by atoms with van der Waals surface area (Å²) in [6.07, 6.45) is 2.79. The fourth-order valence-corrected chi connectivity index (χ4v) is 9.31. The summed E-state index contributed by atoms with van der Waals surface area (Å²) in [6, 6.07) is 11.0. The van der Waals surface area contributed by atoms with E-state index in [1.165, 1.54) is 40.0 Å². The maximum Gasteiger partial charge on any atom is 0.333 e. The Bertz CT molecular complexity index is 2390. The Balaban J connectivity index is 1.31. The van der Waals surface area contributed by atoms with Gasteiger partial charge in [-0.25, -0.2) is 9.78 Å². The first-order valence-corrected chi connectivity index (χ1v) is 23.6. The summed E-state index contributed by atoms with van der Waals surface area (Å²) in [5.41, 5.74) is 2.51. The maximum absolute atomic E-state index is 15.5. The van der Waals surface area contributed by atoms with Crippen LogP contribution in [0.3, 0.4) is 0 Å². The van der Waals surface area contributed by atoms with E-state index >= 15 is 4.79 Å². The molecule has 1 unspecified atom stereocenters. The Morgan fingerprint density at radius 2 is 1.59 bits per heavy atom. The fraction of sp³-hybridized carbons (Fsp3) is 0.480. The molecule has 19 heteroatoms. The highest BCUT2D eigenvalue weighted by Gasteiger charge is 2.45. The molecule has 4 aliphatic rings. The summed E-state index contributed by atoms with van der Waals surface area (Å²) in [7, 11) is 5.38. The third-order valence-electron chi connectivity index (χ3n) is 13.3. The summed E-state index contributed by atoms with van der Waals surface area (Å²) < 4.78 is 11.6. The van der Waals surface area contributed by atoms with Crippen molar-refractivity contribution < 1.29 is 48.1 Å². The van der Waals surface area contributed by atoms with Crippen LogP contribution in [0, 0.1) is 0 Å². The number of cyclic esters (lactones) is 1. The largest absolute Gasteiger partial charge is 0.505 e. The van der Waals surface area contributed by atoms with Crippen LogP contribution in [-0.2, 0) is 44.7 Å². The number of hydrogen-bond acceptors (Lipinski definition) is 13. The van der Waals surface area contributed by atoms with Gasteiger partial charge < -0.3 is 50.1 Å². The van der Waals surface area contributed by atoms with Gasteiger partial charge in [-0.3, -0.25) is 33.7 Å². The van der Waals surface area contributed by atoms with Gasteiger partial charge in [0.05, 0.1) is 13.2 Å². The molecule has 0 bridgehead atoms. The number of carbonyl (C=O) groups is 7. The number of anilines is 1. The second-order valence-corrected chi connectivity index (χ2v) is 18.2. The highest BCUT2D eigenvalue weighted by molar-refractivity contribution is 6.00. The number of pyridine rings is 1. The number of nitrogens with zero attached hydrogens (tertiary/aromatic N) is 6. The van der Waals surface area contributed by atoms with Crippen molar-refractivity contribution in [1.29, 1.82) is 0 Å². The highest BCUT2D eigenvalue weighted by atomic mass is 16.5. The van der Waals surface area contributed by atoms with Crippen LogP contribution >= 0.6 is 0 Å². The standard InChI is InChI=1S/C50H63N9O10/c1-6-36-47(64)58-23-11-14-38(58)48(65)56(5)39(28-32-16-19-35(20-17-32)55(3)4)49(66)59-30-33(29-57-24-26-68-27-25-57)18-21-37(59)44(61)54-42(34-12-8-7-9-13-34)50(67)69-31(2)41(45(62)52-36)53-46(63)43-40(60)15-10-22-51-43/h7-10,12-13,15-20,22,31,36-39,41-42,60H,6,11,14,21,23-30H2,1-5H3,(H,52,62)(H,53,63)(H,54,61)/t31-,36-,37+,38+,39?,41+,42+/m1/s1. The average Bonchev–Trinajstić information content (AvgIpc) is 3.85. The van der Waals surface area contributed by atoms with E-state index in [0.29, 0.717) is 51.3 Å². The molecular formula is C50H63N9O10. The van der Waals surface area contributed by atoms with Crippen molar-refractivity contribution in [2.75, 3.05) is 72.0 Å². The molecule has 5 heterocycles. The number of likely N-dealkylation sites (N-methyl/N-ethyl adjacent to an activating group) is 1. The Morgan fingerprint density at radius 1 is 0.870 bits per heavy atom. The van der Waals surface area contributed by atoms with Gasteiger partial charge in [-0.05, 0) is 73.6 Å². The zero-order valence-electron chi connectivity index (χ0n) is 39.8. The van der Waals surface area contributed by atoms with E-state index in [9.17, 15) is 33.9 Å². The smallest absolute Gasteiger partial charge is 0.333 e. The van der Waals surface area contributed by atoms with Crippen LogP contribution < -0.4 is 20.9 Å². The van der Waals surface area contributed by atoms with Crippen molar-refractivity contribution in [3.63, 3.8) is 0 Å². The molecule has 69 heavy (non-hydrogen) atoms. The van der Waals surface area contributed by atoms with E-state index < -0.39 is 95.2 Å². The minimum absolute atomic E-state index is 0.0526. The lowest BCUT2D eigenvalue weighted by Gasteiger charge is -2.41. The Hall–Kier alpha value is -6.86. The number of carbonyl (C=O) groups excluding carboxylic acids is 7. The van der Waals surface area contributed by atoms with Gasteiger partial charge in [-0.15, -0.1) is 0 Å². The van der Waals surface area contributed by atoms with Crippen LogP contribution in [0.5, 0.6) is 5.75 Å². The minimum Gasteiger partial charge on any atom is -0.505 e. The second-order valence-electron chi connectivity index (χ2n) is 18.2. The van der Waals surface area contributed by atoms with Gasteiger partial charge in [0.25, 0.3) is 5.91 Å². The van der Waals surface area contributed by atoms with Gasteiger partial charge in [0.2, 0.25) is 29.5 Å². The van der Waals surface area contributed by atoms with Crippen LogP contribution in [0.1, 0.15) is 67.2 Å². The number of hydrogen-bond donors (Lipinski definition) is 4. The third-order valence-corrected chi connectivity index (χ3v) is 13.3. The number of esters is 1. The molecule has 1 aromatic heterocycles. The van der Waals surface area contributed by atoms with Gasteiger partial charge in [-0.2, -0.15) is 0 Å². The maximum atomic E-state index is 15.5. The molecule has 2 aromatic carbocycles. The van der Waals surface area contributed by atoms with Crippen LogP contribution in [0.4, 0.5) is 5.69 Å². The number of rotatable bonds is 9. The molecule has 4 aliphatic heterocycles. The zero-order valence-corrected chi connectivity index (χ0v) is 39.8. The second kappa shape index (κ2) is 22.5. The molecule has 3 aromatic rings. The Labute approximate surface area is 402 Å². The normalized spacial score (nSPS) is 25.8. The van der Waals surface area contributed by atoms with Gasteiger partial charge in [0.1, 0.15) is 42.1 Å². The highest BCUT2D eigenvalue weighted by Crippen LogP contribution is 2.28. The molecule has 368 valence electrons. The number of fused-ring (bicyclic) bond motifs is 2. The molecule has 3 fully saturated rings. The van der Waals surface area contributed by atoms with Crippen molar-refractivity contribution in [3.8, 4) is 5.75 Å². The molecular weight excluding hydrogens is 887 g/mol. The topological polar surface area (TPSA) is 223 Å². The van der Waals surface area contributed by atoms with Crippen LogP contribution in [-0.4, -0.2) is 174 Å². The van der Waals surface area contributed by atoms with E-state index in [-0.39, 0.29) is 32.4 Å². The molecule has 6 amide bonds. The summed E-state index contributed by atoms with van der Waals surface area (Å²) >= 11 is 0. The van der Waals surface area contributed by atoms with E-state index in [2.05, 4.69) is 25.8 Å². The third kappa shape index (κ3) is 11.7. The lowest BCUT2D eigenvalue weighted by molar-refractivity contribution is -0.156. The molecule has 0 radical (unpaired) electrons. The summed E-state index contributed by atoms with van der Waals surface area (Å²) in [5.74, 6) is -5.53. The quantitative estimate of drug-likeness (QED) is 0.177. The summed E-state index contributed by atoms with van der Waals surface area (Å²) in [5, 5.41) is 18.6. The number of nitrogens with one attached hydrogen (secondary N) is 3. The van der Waals surface area contributed by atoms with Crippen LogP contribution in [0.2, 0.25) is 0 Å². The SMILES string of the molecule is CC[C@H]1NC(=O)[C@@H](NC(=O)c2ncccc2O)[C@@H](C)OC(=O)[C@H](c2ccccc2)NC(=O)[C@@H]2CC=C(CN3CCOCC3)CN2C(=O)C(Cc2ccc(N(C)C)cc2)N(C)C(=O)[C@@H]2CCCN2C1=O. The number of benzene rings is 2. The number of amides is 6. The van der Waals surface area contributed by atoms with E-state index in [1.807, 2.05) is 49.3 Å². The fourth-order valence-electron chi connectivity index (χ4n) is 9.31.